The van der Waals surface area contributed by atoms with Crippen molar-refractivity contribution in [2.75, 3.05) is 24.3 Å². The molecule has 0 aliphatic heterocycles. The highest BCUT2D eigenvalue weighted by Crippen LogP contribution is 2.27. The average Bonchev–Trinajstić information content (AvgIpc) is 3.40. The molecule has 184 valence electrons. The summed E-state index contributed by atoms with van der Waals surface area (Å²) in [5.41, 5.74) is 3.38. The maximum Gasteiger partial charge on any atom is 0.291 e. The summed E-state index contributed by atoms with van der Waals surface area (Å²) in [6.45, 7) is 0.458. The summed E-state index contributed by atoms with van der Waals surface area (Å²) in [5, 5.41) is 3.18. The Kier molecular flexibility index (Phi) is 7.71. The second-order valence-corrected chi connectivity index (χ2v) is 8.84. The smallest absolute Gasteiger partial charge is 0.291 e. The van der Waals surface area contributed by atoms with Gasteiger partial charge in [0.05, 0.1) is 16.8 Å². The molecule has 2 amide bonds. The number of carbonyl (C=O) groups is 2. The molecule has 6 nitrogen and oxygen atoms in total. The van der Waals surface area contributed by atoms with Gasteiger partial charge in [0.15, 0.2) is 5.76 Å². The fourth-order valence-electron chi connectivity index (χ4n) is 3.85. The number of amides is 2. The van der Waals surface area contributed by atoms with E-state index in [4.69, 9.17) is 16.0 Å². The number of anilines is 2. The molecule has 0 aliphatic rings. The Morgan fingerprint density at radius 3 is 2.36 bits per heavy atom. The van der Waals surface area contributed by atoms with Gasteiger partial charge in [0.2, 0.25) is 0 Å². The number of carbonyl (C=O) groups excluding carboxylic acids is 2. The Morgan fingerprint density at radius 1 is 0.944 bits per heavy atom. The zero-order chi connectivity index (χ0) is 25.7. The van der Waals surface area contributed by atoms with Crippen molar-refractivity contribution in [1.82, 2.24) is 4.90 Å². The Balaban J connectivity index is 1.68. The van der Waals surface area contributed by atoms with E-state index in [9.17, 15) is 14.0 Å². The van der Waals surface area contributed by atoms with Gasteiger partial charge in [0, 0.05) is 38.6 Å². The van der Waals surface area contributed by atoms with E-state index >= 15 is 0 Å². The van der Waals surface area contributed by atoms with Crippen LogP contribution in [0.1, 0.15) is 32.0 Å². The summed E-state index contributed by atoms with van der Waals surface area (Å²) in [4.78, 5) is 29.7. The first kappa shape index (κ1) is 25.0. The van der Waals surface area contributed by atoms with Crippen LogP contribution in [-0.2, 0) is 13.1 Å². The minimum Gasteiger partial charge on any atom is -0.459 e. The molecule has 0 radical (unpaired) electrons. The Morgan fingerprint density at radius 2 is 1.69 bits per heavy atom. The Hall–Kier alpha value is -4.10. The van der Waals surface area contributed by atoms with E-state index in [2.05, 4.69) is 5.32 Å². The first-order chi connectivity index (χ1) is 17.3. The summed E-state index contributed by atoms with van der Waals surface area (Å²) in [6, 6.07) is 21.6. The third kappa shape index (κ3) is 5.93. The second kappa shape index (κ2) is 11.1. The molecule has 0 aliphatic carbocycles. The second-order valence-electron chi connectivity index (χ2n) is 8.44. The zero-order valence-corrected chi connectivity index (χ0v) is 20.6. The molecule has 0 bridgehead atoms. The summed E-state index contributed by atoms with van der Waals surface area (Å²) in [7, 11) is 3.81. The molecular weight excluding hydrogens is 481 g/mol. The van der Waals surface area contributed by atoms with Crippen molar-refractivity contribution in [2.45, 2.75) is 13.1 Å². The molecule has 0 spiro atoms. The topological polar surface area (TPSA) is 65.8 Å². The number of furan rings is 1. The molecule has 0 fully saturated rings. The maximum absolute atomic E-state index is 13.6. The number of nitrogens with zero attached hydrogens (tertiary/aromatic N) is 2. The number of hydrogen-bond donors (Lipinski definition) is 1. The van der Waals surface area contributed by atoms with E-state index in [1.165, 1.54) is 18.4 Å². The quantitative estimate of drug-likeness (QED) is 0.308. The highest BCUT2D eigenvalue weighted by Gasteiger charge is 2.21. The summed E-state index contributed by atoms with van der Waals surface area (Å²) in [6.07, 6.45) is 1.43. The van der Waals surface area contributed by atoms with E-state index in [0.29, 0.717) is 16.3 Å². The number of rotatable bonds is 8. The molecule has 4 rings (SSSR count). The van der Waals surface area contributed by atoms with Gasteiger partial charge in [-0.05, 0) is 65.7 Å². The molecule has 3 aromatic carbocycles. The van der Waals surface area contributed by atoms with Crippen LogP contribution in [-0.4, -0.2) is 30.8 Å². The lowest BCUT2D eigenvalue weighted by Crippen LogP contribution is -2.31. The van der Waals surface area contributed by atoms with E-state index in [-0.39, 0.29) is 36.5 Å². The lowest BCUT2D eigenvalue weighted by molar-refractivity contribution is 0.0730. The summed E-state index contributed by atoms with van der Waals surface area (Å²) >= 11 is 6.34. The van der Waals surface area contributed by atoms with Gasteiger partial charge in [-0.2, -0.15) is 0 Å². The largest absolute Gasteiger partial charge is 0.459 e. The lowest BCUT2D eigenvalue weighted by atomic mass is 10.1. The van der Waals surface area contributed by atoms with Gasteiger partial charge in [-0.3, -0.25) is 9.59 Å². The molecule has 0 saturated heterocycles. The predicted octanol–water partition coefficient (Wildman–Crippen LogP) is 6.23. The van der Waals surface area contributed by atoms with E-state index in [1.54, 1.807) is 59.5 Å². The van der Waals surface area contributed by atoms with Gasteiger partial charge >= 0.3 is 0 Å². The third-order valence-electron chi connectivity index (χ3n) is 5.60. The molecule has 0 atom stereocenters. The van der Waals surface area contributed by atoms with E-state index < -0.39 is 0 Å². The Labute approximate surface area is 213 Å². The molecular formula is C28H25ClFN3O3. The number of hydrogen-bond acceptors (Lipinski definition) is 4. The van der Waals surface area contributed by atoms with Gasteiger partial charge in [0.25, 0.3) is 11.8 Å². The standard InChI is InChI=1S/C28H25ClFN3O3/c1-32(2)25-14-13-22(31-27(34)26-8-5-15-36-26)16-20(25)18-33(17-19-9-11-21(30)12-10-19)28(35)23-6-3-4-7-24(23)29/h3-16H,17-18H2,1-2H3,(H,31,34). The van der Waals surface area contributed by atoms with Crippen LogP contribution >= 0.6 is 11.6 Å². The summed E-state index contributed by atoms with van der Waals surface area (Å²) < 4.78 is 18.7. The van der Waals surface area contributed by atoms with Crippen molar-refractivity contribution in [3.63, 3.8) is 0 Å². The van der Waals surface area contributed by atoms with Gasteiger partial charge in [0.1, 0.15) is 5.82 Å². The fourth-order valence-corrected chi connectivity index (χ4v) is 4.06. The van der Waals surface area contributed by atoms with Crippen molar-refractivity contribution < 1.29 is 18.4 Å². The van der Waals surface area contributed by atoms with Crippen LogP contribution in [0, 0.1) is 5.82 Å². The van der Waals surface area contributed by atoms with E-state index in [0.717, 1.165) is 16.8 Å². The highest BCUT2D eigenvalue weighted by atomic mass is 35.5. The summed E-state index contributed by atoms with van der Waals surface area (Å²) in [5.74, 6) is -0.795. The van der Waals surface area contributed by atoms with E-state index in [1.807, 2.05) is 31.1 Å². The molecule has 8 heteroatoms. The fraction of sp³-hybridized carbons (Fsp3) is 0.143. The maximum atomic E-state index is 13.6. The molecule has 1 N–H and O–H groups in total. The van der Waals surface area contributed by atoms with Crippen LogP contribution in [0.3, 0.4) is 0 Å². The number of benzene rings is 3. The molecule has 36 heavy (non-hydrogen) atoms. The minimum absolute atomic E-state index is 0.195. The molecule has 0 saturated carbocycles. The number of nitrogens with one attached hydrogen (secondary N) is 1. The molecule has 4 aromatic rings. The molecule has 0 unspecified atom stereocenters. The van der Waals surface area contributed by atoms with Crippen LogP contribution in [0.5, 0.6) is 0 Å². The third-order valence-corrected chi connectivity index (χ3v) is 5.93. The Bertz CT molecular complexity index is 1350. The lowest BCUT2D eigenvalue weighted by Gasteiger charge is -2.27. The molecule has 1 heterocycles. The average molecular weight is 506 g/mol. The number of halogens is 2. The van der Waals surface area contributed by atoms with Crippen molar-refractivity contribution in [3.05, 3.63) is 118 Å². The van der Waals surface area contributed by atoms with Crippen LogP contribution in [0.2, 0.25) is 5.02 Å². The SMILES string of the molecule is CN(C)c1ccc(NC(=O)c2ccco2)cc1CN(Cc1ccc(F)cc1)C(=O)c1ccccc1Cl. The molecule has 1 aromatic heterocycles. The van der Waals surface area contributed by atoms with Crippen molar-refractivity contribution in [1.29, 1.82) is 0 Å². The first-order valence-electron chi connectivity index (χ1n) is 11.2. The van der Waals surface area contributed by atoms with Crippen molar-refractivity contribution in [3.8, 4) is 0 Å². The van der Waals surface area contributed by atoms with Crippen LogP contribution in [0.25, 0.3) is 0 Å². The van der Waals surface area contributed by atoms with Crippen molar-refractivity contribution >= 4 is 34.8 Å². The predicted molar refractivity (Wildman–Crippen MR) is 139 cm³/mol. The first-order valence-corrected chi connectivity index (χ1v) is 11.6. The van der Waals surface area contributed by atoms with Gasteiger partial charge in [-0.1, -0.05) is 35.9 Å². The van der Waals surface area contributed by atoms with Crippen LogP contribution < -0.4 is 10.2 Å². The highest BCUT2D eigenvalue weighted by molar-refractivity contribution is 6.33. The zero-order valence-electron chi connectivity index (χ0n) is 19.9. The van der Waals surface area contributed by atoms with Gasteiger partial charge in [-0.25, -0.2) is 4.39 Å². The van der Waals surface area contributed by atoms with Gasteiger partial charge in [-0.15, -0.1) is 0 Å². The van der Waals surface area contributed by atoms with Crippen LogP contribution in [0.15, 0.2) is 89.5 Å². The minimum atomic E-state index is -0.376. The van der Waals surface area contributed by atoms with Crippen molar-refractivity contribution in [2.24, 2.45) is 0 Å². The van der Waals surface area contributed by atoms with Gasteiger partial charge < -0.3 is 19.5 Å². The normalized spacial score (nSPS) is 10.7. The monoisotopic (exact) mass is 505 g/mol. The van der Waals surface area contributed by atoms with Crippen LogP contribution in [0.4, 0.5) is 15.8 Å².